The summed E-state index contributed by atoms with van der Waals surface area (Å²) in [5.74, 6) is -1.09. The average Bonchev–Trinajstić information content (AvgIpc) is 2.44. The highest BCUT2D eigenvalue weighted by Crippen LogP contribution is 2.18. The fourth-order valence-electron chi connectivity index (χ4n) is 2.15. The van der Waals surface area contributed by atoms with Crippen molar-refractivity contribution in [2.45, 2.75) is 32.2 Å². The van der Waals surface area contributed by atoms with Gasteiger partial charge in [-0.1, -0.05) is 18.2 Å². The molecule has 0 saturated heterocycles. The van der Waals surface area contributed by atoms with E-state index in [1.54, 1.807) is 12.3 Å². The Balaban J connectivity index is 2.21. The van der Waals surface area contributed by atoms with Gasteiger partial charge in [-0.25, -0.2) is 0 Å². The third-order valence-electron chi connectivity index (χ3n) is 3.31. The molecule has 0 radical (unpaired) electrons. The van der Waals surface area contributed by atoms with Crippen LogP contribution in [0.4, 0.5) is 0 Å². The summed E-state index contributed by atoms with van der Waals surface area (Å²) < 4.78 is 0. The first-order valence-corrected chi connectivity index (χ1v) is 6.77. The van der Waals surface area contributed by atoms with Gasteiger partial charge >= 0.3 is 5.97 Å². The lowest BCUT2D eigenvalue weighted by Gasteiger charge is -2.26. The van der Waals surface area contributed by atoms with E-state index in [-0.39, 0.29) is 12.3 Å². The number of para-hydroxylation sites is 1. The van der Waals surface area contributed by atoms with Crippen LogP contribution in [0.3, 0.4) is 0 Å². The van der Waals surface area contributed by atoms with Crippen molar-refractivity contribution in [1.29, 1.82) is 0 Å². The van der Waals surface area contributed by atoms with Crippen LogP contribution in [-0.2, 0) is 4.79 Å². The van der Waals surface area contributed by atoms with E-state index in [9.17, 15) is 9.59 Å². The molecule has 0 spiro atoms. The number of fused-ring (bicyclic) bond motifs is 1. The van der Waals surface area contributed by atoms with Crippen LogP contribution in [-0.4, -0.2) is 27.5 Å². The number of rotatable bonds is 5. The molecule has 1 heterocycles. The van der Waals surface area contributed by atoms with Crippen molar-refractivity contribution in [3.63, 3.8) is 0 Å². The number of aromatic nitrogens is 1. The van der Waals surface area contributed by atoms with Gasteiger partial charge in [0.25, 0.3) is 5.91 Å². The fraction of sp³-hybridized carbons (Fsp3) is 0.312. The van der Waals surface area contributed by atoms with E-state index in [4.69, 9.17) is 5.11 Å². The SMILES string of the molecule is CC(C)(CCC(=O)O)NC(=O)c1ccnc2ccccc12. The van der Waals surface area contributed by atoms with Crippen molar-refractivity contribution in [2.24, 2.45) is 0 Å². The first-order chi connectivity index (χ1) is 9.89. The Bertz CT molecular complexity index is 675. The minimum Gasteiger partial charge on any atom is -0.481 e. The second kappa shape index (κ2) is 5.91. The molecule has 5 heteroatoms. The molecule has 1 aromatic carbocycles. The number of nitrogens with zero attached hydrogens (tertiary/aromatic N) is 1. The molecule has 0 aliphatic carbocycles. The number of carboxylic acids is 1. The number of carbonyl (C=O) groups is 2. The standard InChI is InChI=1S/C16H18N2O3/c1-16(2,9-7-14(19)20)18-15(21)12-8-10-17-13-6-4-3-5-11(12)13/h3-6,8,10H,7,9H2,1-2H3,(H,18,21)(H,19,20). The Labute approximate surface area is 123 Å². The molecule has 0 atom stereocenters. The second-order valence-electron chi connectivity index (χ2n) is 5.61. The van der Waals surface area contributed by atoms with Crippen LogP contribution in [0, 0.1) is 0 Å². The monoisotopic (exact) mass is 286 g/mol. The summed E-state index contributed by atoms with van der Waals surface area (Å²) in [6.07, 6.45) is 1.99. The third-order valence-corrected chi connectivity index (χ3v) is 3.31. The molecule has 21 heavy (non-hydrogen) atoms. The predicted molar refractivity (Wildman–Crippen MR) is 80.2 cm³/mol. The minimum absolute atomic E-state index is 0.0182. The van der Waals surface area contributed by atoms with E-state index in [0.29, 0.717) is 12.0 Å². The Morgan fingerprint density at radius 3 is 2.67 bits per heavy atom. The van der Waals surface area contributed by atoms with Crippen LogP contribution in [0.15, 0.2) is 36.5 Å². The molecule has 0 aliphatic heterocycles. The predicted octanol–water partition coefficient (Wildman–Crippen LogP) is 2.61. The molecule has 1 amide bonds. The number of carbonyl (C=O) groups excluding carboxylic acids is 1. The highest BCUT2D eigenvalue weighted by molar-refractivity contribution is 6.06. The zero-order valence-corrected chi connectivity index (χ0v) is 12.1. The van der Waals surface area contributed by atoms with E-state index in [2.05, 4.69) is 10.3 Å². The lowest BCUT2D eigenvalue weighted by Crippen LogP contribution is -2.43. The van der Waals surface area contributed by atoms with Crippen molar-refractivity contribution in [1.82, 2.24) is 10.3 Å². The Morgan fingerprint density at radius 1 is 1.24 bits per heavy atom. The molecule has 5 nitrogen and oxygen atoms in total. The van der Waals surface area contributed by atoms with Crippen LogP contribution in [0.1, 0.15) is 37.0 Å². The molecule has 0 fully saturated rings. The molecule has 2 N–H and O–H groups in total. The number of carboxylic acid groups (broad SMARTS) is 1. The van der Waals surface area contributed by atoms with E-state index in [1.807, 2.05) is 38.1 Å². The maximum absolute atomic E-state index is 12.4. The van der Waals surface area contributed by atoms with Crippen molar-refractivity contribution in [3.8, 4) is 0 Å². The molecule has 0 aliphatic rings. The Hall–Kier alpha value is -2.43. The summed E-state index contributed by atoms with van der Waals surface area (Å²) >= 11 is 0. The van der Waals surface area contributed by atoms with Gasteiger partial charge in [-0.05, 0) is 32.4 Å². The molecule has 2 aromatic rings. The summed E-state index contributed by atoms with van der Waals surface area (Å²) in [6.45, 7) is 3.63. The van der Waals surface area contributed by atoms with Crippen LogP contribution < -0.4 is 5.32 Å². The fourth-order valence-corrected chi connectivity index (χ4v) is 2.15. The van der Waals surface area contributed by atoms with Crippen LogP contribution in [0.25, 0.3) is 10.9 Å². The normalized spacial score (nSPS) is 11.3. The number of hydrogen-bond donors (Lipinski definition) is 2. The lowest BCUT2D eigenvalue weighted by molar-refractivity contribution is -0.137. The second-order valence-corrected chi connectivity index (χ2v) is 5.61. The molecule has 1 aromatic heterocycles. The average molecular weight is 286 g/mol. The largest absolute Gasteiger partial charge is 0.481 e. The molecule has 0 saturated carbocycles. The number of aliphatic carboxylic acids is 1. The Morgan fingerprint density at radius 2 is 1.95 bits per heavy atom. The van der Waals surface area contributed by atoms with Gasteiger partial charge in [-0.2, -0.15) is 0 Å². The Kier molecular flexibility index (Phi) is 4.21. The smallest absolute Gasteiger partial charge is 0.303 e. The van der Waals surface area contributed by atoms with Gasteiger partial charge in [0.2, 0.25) is 0 Å². The third kappa shape index (κ3) is 3.78. The maximum Gasteiger partial charge on any atom is 0.303 e. The van der Waals surface area contributed by atoms with E-state index >= 15 is 0 Å². The highest BCUT2D eigenvalue weighted by Gasteiger charge is 2.23. The summed E-state index contributed by atoms with van der Waals surface area (Å²) in [7, 11) is 0. The number of amides is 1. The minimum atomic E-state index is -0.869. The van der Waals surface area contributed by atoms with E-state index in [0.717, 1.165) is 10.9 Å². The van der Waals surface area contributed by atoms with E-state index < -0.39 is 11.5 Å². The first-order valence-electron chi connectivity index (χ1n) is 6.77. The zero-order chi connectivity index (χ0) is 15.5. The molecule has 110 valence electrons. The number of hydrogen-bond acceptors (Lipinski definition) is 3. The van der Waals surface area contributed by atoms with Crippen molar-refractivity contribution >= 4 is 22.8 Å². The molecular formula is C16H18N2O3. The van der Waals surface area contributed by atoms with Crippen molar-refractivity contribution < 1.29 is 14.7 Å². The van der Waals surface area contributed by atoms with Gasteiger partial charge in [0.15, 0.2) is 0 Å². The van der Waals surface area contributed by atoms with Gasteiger partial charge in [0, 0.05) is 23.5 Å². The first kappa shape index (κ1) is 15.0. The highest BCUT2D eigenvalue weighted by atomic mass is 16.4. The van der Waals surface area contributed by atoms with Gasteiger partial charge in [-0.15, -0.1) is 0 Å². The lowest BCUT2D eigenvalue weighted by atomic mass is 9.97. The van der Waals surface area contributed by atoms with Crippen LogP contribution in [0.5, 0.6) is 0 Å². The van der Waals surface area contributed by atoms with Crippen LogP contribution >= 0.6 is 0 Å². The number of benzene rings is 1. The summed E-state index contributed by atoms with van der Waals surface area (Å²) in [6, 6.07) is 9.10. The summed E-state index contributed by atoms with van der Waals surface area (Å²) in [5.41, 5.74) is 0.720. The topological polar surface area (TPSA) is 79.3 Å². The molecule has 2 rings (SSSR count). The number of nitrogens with one attached hydrogen (secondary N) is 1. The number of pyridine rings is 1. The van der Waals surface area contributed by atoms with E-state index in [1.165, 1.54) is 0 Å². The van der Waals surface area contributed by atoms with Crippen molar-refractivity contribution in [2.75, 3.05) is 0 Å². The van der Waals surface area contributed by atoms with Gasteiger partial charge in [0.1, 0.15) is 0 Å². The molecular weight excluding hydrogens is 268 g/mol. The van der Waals surface area contributed by atoms with Crippen molar-refractivity contribution in [3.05, 3.63) is 42.1 Å². The maximum atomic E-state index is 12.4. The molecule has 0 unspecified atom stereocenters. The van der Waals surface area contributed by atoms with Gasteiger partial charge < -0.3 is 10.4 Å². The molecule has 0 bridgehead atoms. The van der Waals surface area contributed by atoms with Crippen LogP contribution in [0.2, 0.25) is 0 Å². The van der Waals surface area contributed by atoms with Gasteiger partial charge in [-0.3, -0.25) is 14.6 Å². The summed E-state index contributed by atoms with van der Waals surface area (Å²) in [5, 5.41) is 12.4. The summed E-state index contributed by atoms with van der Waals surface area (Å²) in [4.78, 5) is 27.3. The van der Waals surface area contributed by atoms with Gasteiger partial charge in [0.05, 0.1) is 11.1 Å². The quantitative estimate of drug-likeness (QED) is 0.885. The zero-order valence-electron chi connectivity index (χ0n) is 12.1.